The van der Waals surface area contributed by atoms with Crippen LogP contribution in [0.25, 0.3) is 0 Å². The molecule has 0 bridgehead atoms. The van der Waals surface area contributed by atoms with E-state index >= 15 is 0 Å². The second-order valence-corrected chi connectivity index (χ2v) is 8.21. The van der Waals surface area contributed by atoms with Crippen molar-refractivity contribution in [2.24, 2.45) is 0 Å². The molecule has 1 atom stereocenters. The number of carbonyl (C=O) groups excluding carboxylic acids is 2. The lowest BCUT2D eigenvalue weighted by Gasteiger charge is -2.33. The van der Waals surface area contributed by atoms with Gasteiger partial charge < -0.3 is 9.64 Å². The number of aryl methyl sites for hydroxylation is 2. The molecule has 2 aromatic rings. The minimum absolute atomic E-state index is 0.0888. The molecule has 0 spiro atoms. The number of rotatable bonds is 8. The lowest BCUT2D eigenvalue weighted by Crippen LogP contribution is -2.46. The topological polar surface area (TPSA) is 78.9 Å². The van der Waals surface area contributed by atoms with Crippen LogP contribution < -0.4 is 15.1 Å². The van der Waals surface area contributed by atoms with E-state index in [9.17, 15) is 9.59 Å². The second-order valence-electron chi connectivity index (χ2n) is 6.96. The summed E-state index contributed by atoms with van der Waals surface area (Å²) in [7, 11) is 1.64. The number of nitrogens with zero attached hydrogens (tertiary/aromatic N) is 1. The predicted octanol–water partition coefficient (Wildman–Crippen LogP) is 3.59. The first-order valence-corrected chi connectivity index (χ1v) is 10.6. The molecular formula is C22H26N2O4S. The van der Waals surface area contributed by atoms with Crippen molar-refractivity contribution in [1.29, 1.82) is 0 Å². The smallest absolute Gasteiger partial charge is 0.263 e. The second kappa shape index (κ2) is 9.80. The van der Waals surface area contributed by atoms with E-state index in [0.717, 1.165) is 41.2 Å². The monoisotopic (exact) mass is 414 g/mol. The molecular weight excluding hydrogens is 388 g/mol. The number of anilines is 1. The number of hydrogen-bond donors (Lipinski definition) is 2. The Labute approximate surface area is 175 Å². The van der Waals surface area contributed by atoms with Crippen molar-refractivity contribution >= 4 is 29.3 Å². The fraction of sp³-hybridized carbons (Fsp3) is 0.364. The quantitative estimate of drug-likeness (QED) is 0.510. The largest absolute Gasteiger partial charge is 0.497 e. The summed E-state index contributed by atoms with van der Waals surface area (Å²) in [4.78, 5) is 27.4. The number of nitrogens with one attached hydrogen (secondary N) is 1. The Kier molecular flexibility index (Phi) is 7.17. The maximum absolute atomic E-state index is 13.1. The first kappa shape index (κ1) is 21.2. The fourth-order valence-corrected chi connectivity index (χ4v) is 4.65. The van der Waals surface area contributed by atoms with Crippen molar-refractivity contribution in [2.75, 3.05) is 18.6 Å². The van der Waals surface area contributed by atoms with Gasteiger partial charge in [0.05, 0.1) is 18.0 Å². The van der Waals surface area contributed by atoms with Gasteiger partial charge in [-0.3, -0.25) is 14.8 Å². The van der Waals surface area contributed by atoms with Crippen LogP contribution in [0.3, 0.4) is 0 Å². The summed E-state index contributed by atoms with van der Waals surface area (Å²) in [6, 6.07) is 14.0. The summed E-state index contributed by atoms with van der Waals surface area (Å²) in [5, 5.41) is 8.67. The summed E-state index contributed by atoms with van der Waals surface area (Å²) < 4.78 is 5.18. The lowest BCUT2D eigenvalue weighted by molar-refractivity contribution is -0.129. The number of fused-ring (bicyclic) bond motifs is 1. The minimum Gasteiger partial charge on any atom is -0.497 e. The SMILES string of the molecule is CCc1ccc2c(c1)N(CC(=O)NO)C(=O)[C@H](CCCc1ccc(OC)cc1)S2. The van der Waals surface area contributed by atoms with Gasteiger partial charge in [-0.2, -0.15) is 0 Å². The van der Waals surface area contributed by atoms with Crippen molar-refractivity contribution in [3.63, 3.8) is 0 Å². The highest BCUT2D eigenvalue weighted by Crippen LogP contribution is 2.41. The molecule has 2 aromatic carbocycles. The van der Waals surface area contributed by atoms with Crippen molar-refractivity contribution in [3.05, 3.63) is 53.6 Å². The van der Waals surface area contributed by atoms with Crippen LogP contribution in [0.1, 0.15) is 30.9 Å². The lowest BCUT2D eigenvalue weighted by atomic mass is 10.1. The third kappa shape index (κ3) is 5.10. The number of benzene rings is 2. The highest BCUT2D eigenvalue weighted by Gasteiger charge is 2.34. The van der Waals surface area contributed by atoms with Crippen LogP contribution in [0.15, 0.2) is 47.4 Å². The van der Waals surface area contributed by atoms with E-state index in [1.807, 2.05) is 43.3 Å². The molecule has 0 aromatic heterocycles. The van der Waals surface area contributed by atoms with E-state index in [1.54, 1.807) is 24.4 Å². The van der Waals surface area contributed by atoms with Crippen LogP contribution in [-0.2, 0) is 22.4 Å². The Morgan fingerprint density at radius 1 is 1.21 bits per heavy atom. The molecule has 0 saturated heterocycles. The minimum atomic E-state index is -0.602. The van der Waals surface area contributed by atoms with Gasteiger partial charge in [0, 0.05) is 4.90 Å². The van der Waals surface area contributed by atoms with Crippen molar-refractivity contribution in [1.82, 2.24) is 5.48 Å². The third-order valence-electron chi connectivity index (χ3n) is 5.05. The van der Waals surface area contributed by atoms with Gasteiger partial charge in [-0.05, 0) is 61.1 Å². The van der Waals surface area contributed by atoms with E-state index in [4.69, 9.17) is 9.94 Å². The maximum atomic E-state index is 13.1. The molecule has 2 N–H and O–H groups in total. The Morgan fingerprint density at radius 2 is 1.93 bits per heavy atom. The molecule has 154 valence electrons. The van der Waals surface area contributed by atoms with Crippen molar-refractivity contribution < 1.29 is 19.5 Å². The molecule has 6 nitrogen and oxygen atoms in total. The van der Waals surface area contributed by atoms with Crippen molar-refractivity contribution in [3.8, 4) is 5.75 Å². The van der Waals surface area contributed by atoms with Gasteiger partial charge in [0.25, 0.3) is 5.91 Å². The Hall–Kier alpha value is -2.51. The predicted molar refractivity (Wildman–Crippen MR) is 114 cm³/mol. The molecule has 0 unspecified atom stereocenters. The average molecular weight is 415 g/mol. The van der Waals surface area contributed by atoms with E-state index in [1.165, 1.54) is 10.5 Å². The molecule has 0 fully saturated rings. The van der Waals surface area contributed by atoms with Crippen LogP contribution in [0.4, 0.5) is 5.69 Å². The molecule has 3 rings (SSSR count). The Balaban J connectivity index is 1.71. The van der Waals surface area contributed by atoms with Gasteiger partial charge in [0.2, 0.25) is 5.91 Å². The summed E-state index contributed by atoms with van der Waals surface area (Å²) in [6.45, 7) is 1.86. The number of hydroxylamine groups is 1. The maximum Gasteiger partial charge on any atom is 0.263 e. The van der Waals surface area contributed by atoms with E-state index in [2.05, 4.69) is 6.07 Å². The van der Waals surface area contributed by atoms with Crippen molar-refractivity contribution in [2.45, 2.75) is 42.8 Å². The summed E-state index contributed by atoms with van der Waals surface area (Å²) >= 11 is 1.56. The zero-order chi connectivity index (χ0) is 20.8. The molecule has 7 heteroatoms. The molecule has 0 radical (unpaired) electrons. The first-order chi connectivity index (χ1) is 14.0. The van der Waals surface area contributed by atoms with Crippen LogP contribution in [-0.4, -0.2) is 35.9 Å². The Bertz CT molecular complexity index is 870. The number of ether oxygens (including phenoxy) is 1. The summed E-state index contributed by atoms with van der Waals surface area (Å²) in [6.07, 6.45) is 3.28. The van der Waals surface area contributed by atoms with Crippen LogP contribution in [0.2, 0.25) is 0 Å². The molecule has 1 aliphatic rings. The van der Waals surface area contributed by atoms with Crippen LogP contribution in [0, 0.1) is 0 Å². The van der Waals surface area contributed by atoms with Gasteiger partial charge >= 0.3 is 0 Å². The number of carbonyl (C=O) groups is 2. The van der Waals surface area contributed by atoms with Crippen LogP contribution in [0.5, 0.6) is 5.75 Å². The molecule has 1 heterocycles. The molecule has 29 heavy (non-hydrogen) atoms. The Morgan fingerprint density at radius 3 is 2.59 bits per heavy atom. The summed E-state index contributed by atoms with van der Waals surface area (Å²) in [5.74, 6) is 0.136. The van der Waals surface area contributed by atoms with Crippen LogP contribution >= 0.6 is 11.8 Å². The third-order valence-corrected chi connectivity index (χ3v) is 6.37. The molecule has 0 aliphatic carbocycles. The zero-order valence-corrected chi connectivity index (χ0v) is 17.5. The van der Waals surface area contributed by atoms with Gasteiger partial charge in [-0.25, -0.2) is 5.48 Å². The highest BCUT2D eigenvalue weighted by atomic mass is 32.2. The number of amides is 2. The molecule has 1 aliphatic heterocycles. The molecule has 0 saturated carbocycles. The standard InChI is InChI=1S/C22H26N2O4S/c1-3-15-9-12-19-18(13-15)24(14-21(25)23-27)22(26)20(29-19)6-4-5-16-7-10-17(28-2)11-8-16/h7-13,20,27H,3-6,14H2,1-2H3,(H,23,25)/t20-/m0/s1. The highest BCUT2D eigenvalue weighted by molar-refractivity contribution is 8.01. The van der Waals surface area contributed by atoms with E-state index in [-0.39, 0.29) is 17.7 Å². The first-order valence-electron chi connectivity index (χ1n) is 9.72. The van der Waals surface area contributed by atoms with E-state index in [0.29, 0.717) is 6.42 Å². The fourth-order valence-electron chi connectivity index (χ4n) is 3.40. The van der Waals surface area contributed by atoms with E-state index < -0.39 is 5.91 Å². The van der Waals surface area contributed by atoms with Gasteiger partial charge in [-0.15, -0.1) is 11.8 Å². The normalized spacial score (nSPS) is 15.8. The van der Waals surface area contributed by atoms with Gasteiger partial charge in [-0.1, -0.05) is 25.1 Å². The number of methoxy groups -OCH3 is 1. The number of hydrogen-bond acceptors (Lipinski definition) is 5. The zero-order valence-electron chi connectivity index (χ0n) is 16.7. The summed E-state index contributed by atoms with van der Waals surface area (Å²) in [5.41, 5.74) is 4.68. The average Bonchev–Trinajstić information content (AvgIpc) is 2.76. The molecule has 2 amide bonds. The van der Waals surface area contributed by atoms with Gasteiger partial charge in [0.15, 0.2) is 0 Å². The number of thioether (sulfide) groups is 1. The van der Waals surface area contributed by atoms with Gasteiger partial charge in [0.1, 0.15) is 12.3 Å².